The van der Waals surface area contributed by atoms with Crippen LogP contribution in [0.2, 0.25) is 0 Å². The molecule has 3 fully saturated rings. The summed E-state index contributed by atoms with van der Waals surface area (Å²) in [6.07, 6.45) is -6.81. The van der Waals surface area contributed by atoms with Crippen LogP contribution in [-0.2, 0) is 36.7 Å². The monoisotopic (exact) mass is 692 g/mol. The normalized spacial score (nSPS) is 38.3. The van der Waals surface area contributed by atoms with Crippen LogP contribution in [0.25, 0.3) is 22.3 Å². The lowest BCUT2D eigenvalue weighted by Crippen LogP contribution is -2.37. The predicted molar refractivity (Wildman–Crippen MR) is 153 cm³/mol. The van der Waals surface area contributed by atoms with Gasteiger partial charge in [-0.2, -0.15) is 0 Å². The van der Waals surface area contributed by atoms with Crippen molar-refractivity contribution in [2.24, 2.45) is 0 Å². The fourth-order valence-corrected chi connectivity index (χ4v) is 8.18. The number of aliphatic hydroxyl groups excluding tert-OH is 1. The maximum absolute atomic E-state index is 16.0. The summed E-state index contributed by atoms with van der Waals surface area (Å²) >= 11 is 8.07. The van der Waals surface area contributed by atoms with Gasteiger partial charge < -0.3 is 26.0 Å². The van der Waals surface area contributed by atoms with E-state index >= 15 is 4.39 Å². The van der Waals surface area contributed by atoms with Gasteiger partial charge in [-0.1, -0.05) is 24.5 Å². The third-order valence-electron chi connectivity index (χ3n) is 7.21. The van der Waals surface area contributed by atoms with E-state index in [1.54, 1.807) is 0 Å². The lowest BCUT2D eigenvalue weighted by Gasteiger charge is -2.28. The van der Waals surface area contributed by atoms with Gasteiger partial charge >= 0.3 is 13.6 Å². The summed E-state index contributed by atoms with van der Waals surface area (Å²) in [7, 11) is 0. The van der Waals surface area contributed by atoms with Crippen molar-refractivity contribution in [3.05, 3.63) is 25.3 Å². The Hall–Kier alpha value is -2.49. The van der Waals surface area contributed by atoms with Gasteiger partial charge in [-0.15, -0.1) is 0 Å². The van der Waals surface area contributed by atoms with E-state index in [2.05, 4.69) is 54.4 Å². The van der Waals surface area contributed by atoms with Crippen molar-refractivity contribution in [3.8, 4) is 0 Å². The van der Waals surface area contributed by atoms with Crippen molar-refractivity contribution in [1.29, 1.82) is 0 Å². The van der Waals surface area contributed by atoms with E-state index in [9.17, 15) is 14.2 Å². The molecule has 5 N–H and O–H groups in total. The second-order valence-electron chi connectivity index (χ2n) is 9.90. The number of imidazole rings is 2. The Morgan fingerprint density at radius 1 is 0.795 bits per heavy atom. The van der Waals surface area contributed by atoms with Crippen LogP contribution in [0.4, 0.5) is 16.0 Å². The first-order chi connectivity index (χ1) is 20.9. The van der Waals surface area contributed by atoms with Crippen LogP contribution in [0.3, 0.4) is 0 Å². The lowest BCUT2D eigenvalue weighted by atomic mass is 10.1. The van der Waals surface area contributed by atoms with Crippen LogP contribution in [0.5, 0.6) is 0 Å². The summed E-state index contributed by atoms with van der Waals surface area (Å²) < 4.78 is 79.2. The molecule has 24 heteroatoms. The summed E-state index contributed by atoms with van der Waals surface area (Å²) in [5, 5.41) is 11.2. The van der Waals surface area contributed by atoms with E-state index in [-0.39, 0.29) is 34.0 Å². The van der Waals surface area contributed by atoms with Gasteiger partial charge in [-0.3, -0.25) is 27.2 Å². The number of nitrogens with zero attached hydrogens (tertiary/aromatic N) is 8. The molecule has 0 bridgehead atoms. The summed E-state index contributed by atoms with van der Waals surface area (Å²) in [5.41, 5.74) is 12.5. The van der Waals surface area contributed by atoms with Crippen LogP contribution in [0.15, 0.2) is 25.3 Å². The van der Waals surface area contributed by atoms with Crippen LogP contribution in [0.1, 0.15) is 12.5 Å². The number of ether oxygens (including phenoxy) is 2. The van der Waals surface area contributed by atoms with E-state index in [0.29, 0.717) is 0 Å². The van der Waals surface area contributed by atoms with Crippen molar-refractivity contribution < 1.29 is 46.2 Å². The molecule has 0 aliphatic carbocycles. The van der Waals surface area contributed by atoms with Crippen molar-refractivity contribution in [2.75, 3.05) is 24.7 Å². The molecule has 10 atom stereocenters. The van der Waals surface area contributed by atoms with Crippen LogP contribution in [-0.4, -0.2) is 94.0 Å². The number of anilines is 2. The molecule has 0 radical (unpaired) electrons. The average Bonchev–Trinajstić information content (AvgIpc) is 3.73. The number of rotatable bonds is 2. The Balaban J connectivity index is 1.17. The lowest BCUT2D eigenvalue weighted by molar-refractivity contribution is -0.0555. The number of fused-ring (bicyclic) bond motifs is 4. The summed E-state index contributed by atoms with van der Waals surface area (Å²) in [5.74, 6) is 0.152. The van der Waals surface area contributed by atoms with Gasteiger partial charge in [0.25, 0.3) is 0 Å². The van der Waals surface area contributed by atoms with Crippen LogP contribution in [0, 0.1) is 0 Å². The molecule has 19 nitrogen and oxygen atoms in total. The van der Waals surface area contributed by atoms with Crippen LogP contribution >= 0.6 is 38.1 Å². The number of hydrogen-bond acceptors (Lipinski definition) is 17. The third-order valence-corrected chi connectivity index (χ3v) is 10.4. The highest BCUT2D eigenvalue weighted by molar-refractivity contribution is 8.44. The van der Waals surface area contributed by atoms with E-state index in [1.807, 2.05) is 0 Å². The molecule has 7 rings (SSSR count). The van der Waals surface area contributed by atoms with Crippen molar-refractivity contribution in [2.45, 2.75) is 49.1 Å². The average molecular weight is 693 g/mol. The van der Waals surface area contributed by atoms with Gasteiger partial charge in [0.1, 0.15) is 54.2 Å². The highest BCUT2D eigenvalue weighted by atomic mass is 32.7. The largest absolute Gasteiger partial charge is 0.386 e. The van der Waals surface area contributed by atoms with Gasteiger partial charge in [0, 0.05) is 0 Å². The number of alkyl halides is 1. The zero-order chi connectivity index (χ0) is 31.0. The van der Waals surface area contributed by atoms with Crippen molar-refractivity contribution in [1.82, 2.24) is 39.0 Å². The first-order valence-corrected chi connectivity index (χ1v) is 18.1. The molecule has 0 saturated carbocycles. The van der Waals surface area contributed by atoms with E-state index < -0.39 is 76.0 Å². The summed E-state index contributed by atoms with van der Waals surface area (Å²) in [6.45, 7) is -9.83. The highest BCUT2D eigenvalue weighted by Crippen LogP contribution is 2.60. The van der Waals surface area contributed by atoms with Crippen LogP contribution < -0.4 is 11.5 Å². The highest BCUT2D eigenvalue weighted by Gasteiger charge is 2.54. The minimum atomic E-state index is -4.34. The zero-order valence-electron chi connectivity index (χ0n) is 22.0. The first-order valence-electron chi connectivity index (χ1n) is 12.7. The zero-order valence-corrected chi connectivity index (χ0v) is 25.5. The second-order valence-corrected chi connectivity index (χ2v) is 15.7. The fraction of sp³-hybridized carbons (Fsp3) is 0.500. The minimum absolute atomic E-state index is 0.0606. The molecule has 3 aliphatic rings. The number of halogens is 1. The third kappa shape index (κ3) is 5.26. The molecule has 3 saturated heterocycles. The quantitative estimate of drug-likeness (QED) is 0.146. The molecule has 4 aromatic rings. The Kier molecular flexibility index (Phi) is 7.61. The Morgan fingerprint density at radius 2 is 1.27 bits per heavy atom. The van der Waals surface area contributed by atoms with E-state index in [1.165, 1.54) is 34.4 Å². The molecule has 236 valence electrons. The number of hydrogen-bond donors (Lipinski definition) is 5. The maximum atomic E-state index is 16.0. The van der Waals surface area contributed by atoms with E-state index in [4.69, 9.17) is 39.0 Å². The van der Waals surface area contributed by atoms with Gasteiger partial charge in [0.15, 0.2) is 41.6 Å². The molecule has 7 heterocycles. The number of aromatic nitrogens is 8. The van der Waals surface area contributed by atoms with E-state index in [0.717, 1.165) is 0 Å². The molecule has 3 aliphatic heterocycles. The molecule has 0 amide bonds. The molecular weight excluding hydrogens is 669 g/mol. The first kappa shape index (κ1) is 30.2. The summed E-state index contributed by atoms with van der Waals surface area (Å²) in [6, 6.07) is 0. The molecule has 0 spiro atoms. The fourth-order valence-electron chi connectivity index (χ4n) is 5.21. The molecular formula is C20H23FN10O9P2S2. The predicted octanol–water partition coefficient (Wildman–Crippen LogP) is 1.22. The number of aliphatic hydroxyl groups is 1. The number of nitrogen functional groups attached to an aromatic ring is 2. The van der Waals surface area contributed by atoms with Crippen molar-refractivity contribution >= 4 is 72.1 Å². The molecule has 0 unspecified atom stereocenters. The Morgan fingerprint density at radius 3 is 1.84 bits per heavy atom. The minimum Gasteiger partial charge on any atom is -0.386 e. The van der Waals surface area contributed by atoms with Gasteiger partial charge in [0.05, 0.1) is 25.9 Å². The topological polar surface area (TPSA) is 249 Å². The molecule has 44 heavy (non-hydrogen) atoms. The standard InChI is InChI=1S/C20H23FN10O9P2S2/c21-9-13-7(37-19(9)30-5-28-10-15(22)24-3-26-17(10)30)1-35-42(34,44)40-14-8(2-36-41(33,43)39-13)38-20(12(14)32)31-6-29-11-16(23)25-4-27-18(11)31/h3-9,12-14,19-20,32H,1-2H2,(H,33,43)(H,34,44)(H2,22,24,26)(H2,23,25,27)/t7-,8-,9-,12-,13-,14-,19-,20-,41-,42-/m1/s1. The number of thiol groups is 2. The maximum Gasteiger partial charge on any atom is 0.386 e. The molecule has 0 aromatic carbocycles. The van der Waals surface area contributed by atoms with Crippen molar-refractivity contribution in [3.63, 3.8) is 0 Å². The Labute approximate surface area is 256 Å². The smallest absolute Gasteiger partial charge is 0.386 e. The second kappa shape index (κ2) is 11.1. The Bertz CT molecular complexity index is 1710. The number of nitrogens with two attached hydrogens (primary N) is 2. The summed E-state index contributed by atoms with van der Waals surface area (Å²) in [4.78, 5) is 24.2. The van der Waals surface area contributed by atoms with Gasteiger partial charge in [-0.25, -0.2) is 43.4 Å². The SMILES string of the molecule is Nc1ncnc2c1ncn2[C@@H]1O[C@@H]2CO[P@@](=O)(S)O[C@H]3[C@@H](F)[C@H](n4cnc5c(N)ncnc54)O[C@@H]3CO[P@@](=O)(S)O[C@H]2[C@H]1O. The van der Waals surface area contributed by atoms with Gasteiger partial charge in [-0.05, 0) is 0 Å². The van der Waals surface area contributed by atoms with Gasteiger partial charge in [0.2, 0.25) is 0 Å². The molecule has 4 aromatic heterocycles.